The number of hydrogen-bond acceptors (Lipinski definition) is 6. The summed E-state index contributed by atoms with van der Waals surface area (Å²) in [6.45, 7) is 7.87. The minimum absolute atomic E-state index is 0.0855. The third-order valence-electron chi connectivity index (χ3n) is 5.77. The fourth-order valence-corrected chi connectivity index (χ4v) is 4.93. The van der Waals surface area contributed by atoms with Crippen LogP contribution in [0, 0.1) is 26.6 Å². The van der Waals surface area contributed by atoms with E-state index < -0.39 is 0 Å². The summed E-state index contributed by atoms with van der Waals surface area (Å²) < 4.78 is 21.0. The lowest BCUT2D eigenvalue weighted by Crippen LogP contribution is -2.20. The number of halogens is 1. The van der Waals surface area contributed by atoms with Gasteiger partial charge in [-0.15, -0.1) is 10.2 Å². The molecule has 9 heteroatoms. The maximum Gasteiger partial charge on any atom is 0.234 e. The Labute approximate surface area is 203 Å². The van der Waals surface area contributed by atoms with E-state index in [1.807, 2.05) is 25.3 Å². The fourth-order valence-electron chi connectivity index (χ4n) is 4.16. The van der Waals surface area contributed by atoms with Crippen molar-refractivity contribution in [3.63, 3.8) is 0 Å². The molecular formula is C25H30FN5O2S. The molecule has 0 spiro atoms. The molecule has 34 heavy (non-hydrogen) atoms. The van der Waals surface area contributed by atoms with Gasteiger partial charge in [-0.3, -0.25) is 4.79 Å². The van der Waals surface area contributed by atoms with Gasteiger partial charge in [0.05, 0.1) is 24.9 Å². The van der Waals surface area contributed by atoms with Crippen LogP contribution in [0.3, 0.4) is 0 Å². The number of amides is 1. The number of ether oxygens (including phenoxy) is 1. The van der Waals surface area contributed by atoms with Crippen LogP contribution in [-0.2, 0) is 22.6 Å². The SMILES string of the molecule is Cc1cc(C)c(NC(=O)CSc2nnc(CNc3ccc(F)cc3)n2C[C@H]2CCCO2)c(C)c1. The Morgan fingerprint density at radius 1 is 1.18 bits per heavy atom. The Morgan fingerprint density at radius 2 is 1.91 bits per heavy atom. The van der Waals surface area contributed by atoms with Crippen LogP contribution in [0.1, 0.15) is 35.4 Å². The second-order valence-corrected chi connectivity index (χ2v) is 9.56. The van der Waals surface area contributed by atoms with Crippen LogP contribution in [0.5, 0.6) is 0 Å². The van der Waals surface area contributed by atoms with E-state index >= 15 is 0 Å². The number of nitrogens with zero attached hydrogens (tertiary/aromatic N) is 3. The largest absolute Gasteiger partial charge is 0.378 e. The van der Waals surface area contributed by atoms with E-state index in [2.05, 4.69) is 33.0 Å². The average molecular weight is 484 g/mol. The van der Waals surface area contributed by atoms with Crippen molar-refractivity contribution in [2.45, 2.75) is 58.0 Å². The molecule has 0 aliphatic carbocycles. The van der Waals surface area contributed by atoms with Gasteiger partial charge in [-0.2, -0.15) is 0 Å². The molecule has 0 unspecified atom stereocenters. The summed E-state index contributed by atoms with van der Waals surface area (Å²) in [4.78, 5) is 12.7. The highest BCUT2D eigenvalue weighted by molar-refractivity contribution is 7.99. The smallest absolute Gasteiger partial charge is 0.234 e. The quantitative estimate of drug-likeness (QED) is 0.423. The van der Waals surface area contributed by atoms with E-state index in [1.165, 1.54) is 29.5 Å². The second kappa shape index (κ2) is 11.0. The topological polar surface area (TPSA) is 81.1 Å². The van der Waals surface area contributed by atoms with E-state index in [1.54, 1.807) is 12.1 Å². The lowest BCUT2D eigenvalue weighted by Gasteiger charge is -2.16. The summed E-state index contributed by atoms with van der Waals surface area (Å²) in [5, 5.41) is 15.7. The minimum Gasteiger partial charge on any atom is -0.378 e. The number of aromatic nitrogens is 3. The predicted octanol–water partition coefficient (Wildman–Crippen LogP) is 4.86. The van der Waals surface area contributed by atoms with Crippen LogP contribution >= 0.6 is 11.8 Å². The van der Waals surface area contributed by atoms with Crippen LogP contribution in [0.2, 0.25) is 0 Å². The number of benzene rings is 2. The minimum atomic E-state index is -0.278. The second-order valence-electron chi connectivity index (χ2n) is 8.62. The first-order chi connectivity index (χ1) is 16.4. The molecular weight excluding hydrogens is 453 g/mol. The Balaban J connectivity index is 1.43. The van der Waals surface area contributed by atoms with E-state index in [9.17, 15) is 9.18 Å². The van der Waals surface area contributed by atoms with Crippen molar-refractivity contribution in [3.05, 3.63) is 64.7 Å². The van der Waals surface area contributed by atoms with Gasteiger partial charge in [0.15, 0.2) is 11.0 Å². The van der Waals surface area contributed by atoms with E-state index in [0.29, 0.717) is 18.2 Å². The number of aryl methyl sites for hydroxylation is 3. The molecule has 1 amide bonds. The van der Waals surface area contributed by atoms with Gasteiger partial charge in [0.1, 0.15) is 5.82 Å². The molecule has 7 nitrogen and oxygen atoms in total. The highest BCUT2D eigenvalue weighted by Crippen LogP contribution is 2.25. The van der Waals surface area contributed by atoms with Crippen molar-refractivity contribution in [1.29, 1.82) is 0 Å². The first-order valence-corrected chi connectivity index (χ1v) is 12.4. The van der Waals surface area contributed by atoms with E-state index in [0.717, 1.165) is 47.8 Å². The normalized spacial score (nSPS) is 15.5. The molecule has 0 bridgehead atoms. The summed E-state index contributed by atoms with van der Waals surface area (Å²) in [5.41, 5.74) is 4.93. The summed E-state index contributed by atoms with van der Waals surface area (Å²) in [5.74, 6) is 0.604. The molecule has 2 heterocycles. The molecule has 2 N–H and O–H groups in total. The van der Waals surface area contributed by atoms with Crippen molar-refractivity contribution < 1.29 is 13.9 Å². The lowest BCUT2D eigenvalue weighted by atomic mass is 10.1. The molecule has 1 aliphatic heterocycles. The molecule has 1 fully saturated rings. The van der Waals surface area contributed by atoms with Crippen molar-refractivity contribution >= 4 is 29.0 Å². The van der Waals surface area contributed by atoms with Gasteiger partial charge in [0.2, 0.25) is 5.91 Å². The van der Waals surface area contributed by atoms with Crippen LogP contribution in [0.4, 0.5) is 15.8 Å². The summed E-state index contributed by atoms with van der Waals surface area (Å²) in [6.07, 6.45) is 2.13. The van der Waals surface area contributed by atoms with E-state index in [-0.39, 0.29) is 23.6 Å². The number of carbonyl (C=O) groups is 1. The Kier molecular flexibility index (Phi) is 7.84. The molecule has 2 aromatic carbocycles. The van der Waals surface area contributed by atoms with Gasteiger partial charge in [-0.25, -0.2) is 4.39 Å². The molecule has 4 rings (SSSR count). The average Bonchev–Trinajstić information content (AvgIpc) is 3.45. The number of carbonyl (C=O) groups excluding carboxylic acids is 1. The summed E-state index contributed by atoms with van der Waals surface area (Å²) >= 11 is 1.36. The van der Waals surface area contributed by atoms with Crippen LogP contribution < -0.4 is 10.6 Å². The molecule has 1 saturated heterocycles. The molecule has 180 valence electrons. The Bertz CT molecular complexity index is 1120. The van der Waals surface area contributed by atoms with Gasteiger partial charge in [-0.1, -0.05) is 29.5 Å². The fraction of sp³-hybridized carbons (Fsp3) is 0.400. The third kappa shape index (κ3) is 6.15. The monoisotopic (exact) mass is 483 g/mol. The van der Waals surface area contributed by atoms with Gasteiger partial charge in [0, 0.05) is 18.0 Å². The Morgan fingerprint density at radius 3 is 2.59 bits per heavy atom. The zero-order chi connectivity index (χ0) is 24.1. The zero-order valence-electron chi connectivity index (χ0n) is 19.7. The van der Waals surface area contributed by atoms with Crippen molar-refractivity contribution in [2.75, 3.05) is 23.0 Å². The maximum atomic E-state index is 13.2. The first-order valence-electron chi connectivity index (χ1n) is 11.4. The molecule has 1 aromatic heterocycles. The van der Waals surface area contributed by atoms with Crippen LogP contribution in [-0.4, -0.2) is 39.1 Å². The van der Waals surface area contributed by atoms with Crippen molar-refractivity contribution in [1.82, 2.24) is 14.8 Å². The molecule has 1 atom stereocenters. The van der Waals surface area contributed by atoms with Crippen molar-refractivity contribution in [3.8, 4) is 0 Å². The number of anilines is 2. The molecule has 3 aromatic rings. The number of hydrogen-bond donors (Lipinski definition) is 2. The molecule has 0 saturated carbocycles. The van der Waals surface area contributed by atoms with Gasteiger partial charge < -0.3 is 19.9 Å². The first kappa shape index (κ1) is 24.2. The van der Waals surface area contributed by atoms with Crippen LogP contribution in [0.15, 0.2) is 41.6 Å². The third-order valence-corrected chi connectivity index (χ3v) is 6.74. The highest BCUT2D eigenvalue weighted by atomic mass is 32.2. The van der Waals surface area contributed by atoms with Crippen LogP contribution in [0.25, 0.3) is 0 Å². The predicted molar refractivity (Wildman–Crippen MR) is 133 cm³/mol. The van der Waals surface area contributed by atoms with Gasteiger partial charge in [-0.05, 0) is 69.0 Å². The maximum absolute atomic E-state index is 13.2. The summed E-state index contributed by atoms with van der Waals surface area (Å²) in [6, 6.07) is 10.3. The number of thioether (sulfide) groups is 1. The van der Waals surface area contributed by atoms with E-state index in [4.69, 9.17) is 4.74 Å². The van der Waals surface area contributed by atoms with Gasteiger partial charge >= 0.3 is 0 Å². The number of nitrogens with one attached hydrogen (secondary N) is 2. The summed E-state index contributed by atoms with van der Waals surface area (Å²) in [7, 11) is 0. The van der Waals surface area contributed by atoms with Gasteiger partial charge in [0.25, 0.3) is 0 Å². The number of rotatable bonds is 9. The molecule has 0 radical (unpaired) electrons. The van der Waals surface area contributed by atoms with Crippen molar-refractivity contribution in [2.24, 2.45) is 0 Å². The zero-order valence-corrected chi connectivity index (χ0v) is 20.5. The molecule has 1 aliphatic rings. The lowest BCUT2D eigenvalue weighted by molar-refractivity contribution is -0.113. The standard InChI is InChI=1S/C25H30FN5O2S/c1-16-11-17(2)24(18(3)12-16)28-23(32)15-34-25-30-29-22(31(25)14-21-5-4-10-33-21)13-27-20-8-6-19(26)7-9-20/h6-9,11-12,21,27H,4-5,10,13-15H2,1-3H3,(H,28,32)/t21-/m1/s1. The Hall–Kier alpha value is -2.91. The highest BCUT2D eigenvalue weighted by Gasteiger charge is 2.21.